The van der Waals surface area contributed by atoms with Crippen molar-refractivity contribution in [3.8, 4) is 0 Å². The fourth-order valence-corrected chi connectivity index (χ4v) is 3.19. The largest absolute Gasteiger partial charge is 0.427 e. The van der Waals surface area contributed by atoms with E-state index in [2.05, 4.69) is 17.4 Å². The van der Waals surface area contributed by atoms with Crippen LogP contribution in [-0.4, -0.2) is 23.7 Å². The Kier molecular flexibility index (Phi) is 7.80. The predicted octanol–water partition coefficient (Wildman–Crippen LogP) is 3.26. The Morgan fingerprint density at radius 3 is 2.48 bits per heavy atom. The van der Waals surface area contributed by atoms with Gasteiger partial charge in [-0.15, -0.1) is 0 Å². The number of aliphatic hydroxyl groups is 1. The van der Waals surface area contributed by atoms with Gasteiger partial charge in [-0.1, -0.05) is 44.2 Å². The summed E-state index contributed by atoms with van der Waals surface area (Å²) in [5, 5.41) is 12.2. The van der Waals surface area contributed by atoms with Crippen LogP contribution in [0.25, 0.3) is 0 Å². The van der Waals surface area contributed by atoms with Crippen LogP contribution in [0.2, 0.25) is 0 Å². The molecule has 1 amide bonds. The molecule has 2 N–H and O–H groups in total. The normalized spacial score (nSPS) is 12.2. The second-order valence-electron chi connectivity index (χ2n) is 7.38. The predicted molar refractivity (Wildman–Crippen MR) is 106 cm³/mol. The summed E-state index contributed by atoms with van der Waals surface area (Å²) in [5.74, 6) is 0.426. The van der Waals surface area contributed by atoms with Gasteiger partial charge in [-0.3, -0.25) is 4.79 Å². The van der Waals surface area contributed by atoms with E-state index < -0.39 is 11.5 Å². The molecule has 2 rings (SSSR count). The lowest BCUT2D eigenvalue weighted by Crippen LogP contribution is -2.40. The van der Waals surface area contributed by atoms with Gasteiger partial charge in [-0.2, -0.15) is 0 Å². The Bertz CT molecular complexity index is 796. The highest BCUT2D eigenvalue weighted by Crippen LogP contribution is 2.12. The van der Waals surface area contributed by atoms with Crippen molar-refractivity contribution in [3.63, 3.8) is 0 Å². The smallest absolute Gasteiger partial charge is 0.349 e. The highest BCUT2D eigenvalue weighted by molar-refractivity contribution is 5.95. The van der Waals surface area contributed by atoms with Gasteiger partial charge >= 0.3 is 5.63 Å². The van der Waals surface area contributed by atoms with Crippen LogP contribution in [0, 0.1) is 12.8 Å². The van der Waals surface area contributed by atoms with Crippen LogP contribution in [0.3, 0.4) is 0 Å². The summed E-state index contributed by atoms with van der Waals surface area (Å²) in [6, 6.07) is 11.5. The van der Waals surface area contributed by atoms with Gasteiger partial charge in [0, 0.05) is 6.42 Å². The highest BCUT2D eigenvalue weighted by atomic mass is 16.4. The van der Waals surface area contributed by atoms with E-state index in [-0.39, 0.29) is 18.2 Å². The summed E-state index contributed by atoms with van der Waals surface area (Å²) >= 11 is 0. The first-order valence-corrected chi connectivity index (χ1v) is 9.50. The first kappa shape index (κ1) is 20.9. The van der Waals surface area contributed by atoms with Crippen LogP contribution < -0.4 is 10.9 Å². The van der Waals surface area contributed by atoms with E-state index in [4.69, 9.17) is 4.42 Å². The minimum Gasteiger partial charge on any atom is -0.427 e. The van der Waals surface area contributed by atoms with Crippen LogP contribution in [0.4, 0.5) is 0 Å². The number of carbonyl (C=O) groups excluding carboxylic acids is 1. The number of amides is 1. The molecule has 1 heterocycles. The maximum absolute atomic E-state index is 12.5. The molecular formula is C22H29NO4. The van der Waals surface area contributed by atoms with Crippen molar-refractivity contribution in [1.82, 2.24) is 5.32 Å². The molecule has 0 unspecified atom stereocenters. The molecule has 0 spiro atoms. The molecule has 0 fully saturated rings. The average Bonchev–Trinajstić information content (AvgIpc) is 2.61. The molecule has 2 aromatic rings. The van der Waals surface area contributed by atoms with E-state index in [1.807, 2.05) is 32.0 Å². The number of rotatable bonds is 9. The van der Waals surface area contributed by atoms with Gasteiger partial charge in [-0.25, -0.2) is 4.79 Å². The zero-order chi connectivity index (χ0) is 19.8. The Balaban J connectivity index is 2.03. The van der Waals surface area contributed by atoms with Crippen molar-refractivity contribution >= 4 is 5.91 Å². The van der Waals surface area contributed by atoms with Crippen LogP contribution in [0.5, 0.6) is 0 Å². The van der Waals surface area contributed by atoms with Crippen molar-refractivity contribution in [3.05, 3.63) is 69.3 Å². The maximum atomic E-state index is 12.5. The Morgan fingerprint density at radius 1 is 1.19 bits per heavy atom. The fraction of sp³-hybridized carbons (Fsp3) is 0.455. The number of hydrogen-bond acceptors (Lipinski definition) is 4. The molecule has 0 aliphatic carbocycles. The van der Waals surface area contributed by atoms with E-state index in [0.29, 0.717) is 30.1 Å². The first-order valence-electron chi connectivity index (χ1n) is 9.50. The maximum Gasteiger partial charge on any atom is 0.349 e. The van der Waals surface area contributed by atoms with E-state index in [1.165, 1.54) is 5.56 Å². The highest BCUT2D eigenvalue weighted by Gasteiger charge is 2.20. The molecular weight excluding hydrogens is 342 g/mol. The average molecular weight is 371 g/mol. The molecule has 1 atom stereocenters. The Morgan fingerprint density at radius 2 is 1.89 bits per heavy atom. The molecule has 146 valence electrons. The third kappa shape index (κ3) is 6.36. The van der Waals surface area contributed by atoms with Gasteiger partial charge in [0.05, 0.1) is 12.6 Å². The quantitative estimate of drug-likeness (QED) is 0.709. The van der Waals surface area contributed by atoms with Gasteiger partial charge in [0.25, 0.3) is 5.91 Å². The van der Waals surface area contributed by atoms with Crippen molar-refractivity contribution < 1.29 is 14.3 Å². The fourth-order valence-electron chi connectivity index (χ4n) is 3.19. The number of hydrogen-bond donors (Lipinski definition) is 2. The molecule has 5 nitrogen and oxygen atoms in total. The topological polar surface area (TPSA) is 79.5 Å². The van der Waals surface area contributed by atoms with E-state index in [1.54, 1.807) is 13.0 Å². The second-order valence-corrected chi connectivity index (χ2v) is 7.38. The third-order valence-corrected chi connectivity index (χ3v) is 4.47. The van der Waals surface area contributed by atoms with E-state index in [0.717, 1.165) is 12.8 Å². The summed E-state index contributed by atoms with van der Waals surface area (Å²) < 4.78 is 5.37. The van der Waals surface area contributed by atoms with Gasteiger partial charge in [0.15, 0.2) is 0 Å². The standard InChI is InChI=1S/C22H29NO4/c1-15(2)12-18(14-24)23-21(25)20-16(3)13-19(27-22(20)26)11-7-10-17-8-5-4-6-9-17/h4-6,8-9,13,15,18,24H,7,10-12,14H2,1-3H3,(H,23,25)/t18-/m0/s1. The molecule has 0 bridgehead atoms. The van der Waals surface area contributed by atoms with Crippen molar-refractivity contribution in [2.45, 2.75) is 52.5 Å². The van der Waals surface area contributed by atoms with Gasteiger partial charge in [0.2, 0.25) is 0 Å². The minimum atomic E-state index is -0.622. The summed E-state index contributed by atoms with van der Waals surface area (Å²) in [6.07, 6.45) is 3.04. The van der Waals surface area contributed by atoms with Crippen LogP contribution in [-0.2, 0) is 12.8 Å². The van der Waals surface area contributed by atoms with Crippen molar-refractivity contribution in [1.29, 1.82) is 0 Å². The van der Waals surface area contributed by atoms with Crippen LogP contribution >= 0.6 is 0 Å². The lowest BCUT2D eigenvalue weighted by molar-refractivity contribution is 0.0903. The van der Waals surface area contributed by atoms with Gasteiger partial charge in [-0.05, 0) is 49.3 Å². The zero-order valence-electron chi connectivity index (χ0n) is 16.3. The monoisotopic (exact) mass is 371 g/mol. The molecule has 0 aliphatic heterocycles. The summed E-state index contributed by atoms with van der Waals surface area (Å²) in [6.45, 7) is 5.60. The summed E-state index contributed by atoms with van der Waals surface area (Å²) in [7, 11) is 0. The molecule has 5 heteroatoms. The minimum absolute atomic E-state index is 0.0176. The third-order valence-electron chi connectivity index (χ3n) is 4.47. The number of benzene rings is 1. The van der Waals surface area contributed by atoms with Gasteiger partial charge < -0.3 is 14.8 Å². The molecule has 27 heavy (non-hydrogen) atoms. The van der Waals surface area contributed by atoms with Crippen molar-refractivity contribution in [2.75, 3.05) is 6.61 Å². The van der Waals surface area contributed by atoms with Crippen LogP contribution in [0.15, 0.2) is 45.6 Å². The second kappa shape index (κ2) is 10.1. The van der Waals surface area contributed by atoms with E-state index in [9.17, 15) is 14.7 Å². The lowest BCUT2D eigenvalue weighted by Gasteiger charge is -2.18. The van der Waals surface area contributed by atoms with Crippen LogP contribution in [0.1, 0.15) is 53.9 Å². The lowest BCUT2D eigenvalue weighted by atomic mass is 10.0. The molecule has 0 saturated heterocycles. The Hall–Kier alpha value is -2.40. The number of aryl methyl sites for hydroxylation is 3. The first-order chi connectivity index (χ1) is 12.9. The Labute approximate surface area is 160 Å². The molecule has 1 aromatic heterocycles. The van der Waals surface area contributed by atoms with Gasteiger partial charge in [0.1, 0.15) is 11.3 Å². The number of aliphatic hydroxyl groups excluding tert-OH is 1. The SMILES string of the molecule is Cc1cc(CCCc2ccccc2)oc(=O)c1C(=O)N[C@H](CO)CC(C)C. The summed E-state index contributed by atoms with van der Waals surface area (Å²) in [4.78, 5) is 24.8. The summed E-state index contributed by atoms with van der Waals surface area (Å²) in [5.41, 5.74) is 1.24. The number of nitrogens with one attached hydrogen (secondary N) is 1. The molecule has 0 aliphatic rings. The molecule has 0 saturated carbocycles. The molecule has 1 aromatic carbocycles. The van der Waals surface area contributed by atoms with E-state index >= 15 is 0 Å². The number of carbonyl (C=O) groups is 1. The molecule has 0 radical (unpaired) electrons. The van der Waals surface area contributed by atoms with Crippen molar-refractivity contribution in [2.24, 2.45) is 5.92 Å². The zero-order valence-corrected chi connectivity index (χ0v) is 16.3.